The van der Waals surface area contributed by atoms with Gasteiger partial charge in [0.05, 0.1) is 6.54 Å². The van der Waals surface area contributed by atoms with Gasteiger partial charge in [-0.15, -0.1) is 5.92 Å². The van der Waals surface area contributed by atoms with Crippen LogP contribution in [0.15, 0.2) is 73.1 Å². The summed E-state index contributed by atoms with van der Waals surface area (Å²) >= 11 is 0. The number of aromatic nitrogens is 2. The van der Waals surface area contributed by atoms with Crippen molar-refractivity contribution in [3.8, 4) is 11.8 Å². The smallest absolute Gasteiger partial charge is 0.248 e. The zero-order chi connectivity index (χ0) is 22.6. The Morgan fingerprint density at radius 3 is 2.38 bits per heavy atom. The third kappa shape index (κ3) is 7.59. The van der Waals surface area contributed by atoms with Gasteiger partial charge in [0, 0.05) is 35.7 Å². The van der Waals surface area contributed by atoms with Crippen LogP contribution < -0.4 is 21.3 Å². The Labute approximate surface area is 188 Å². The van der Waals surface area contributed by atoms with Crippen LogP contribution in [0.25, 0.3) is 0 Å². The summed E-state index contributed by atoms with van der Waals surface area (Å²) in [4.78, 5) is 20.7. The number of hydrogen-bond acceptors (Lipinski definition) is 6. The normalized spacial score (nSPS) is 10.3. The Bertz CT molecular complexity index is 1150. The summed E-state index contributed by atoms with van der Waals surface area (Å²) in [6.07, 6.45) is 4.76. The number of benzene rings is 2. The lowest BCUT2D eigenvalue weighted by molar-refractivity contribution is -0.111. The number of anilines is 5. The summed E-state index contributed by atoms with van der Waals surface area (Å²) < 4.78 is 0. The van der Waals surface area contributed by atoms with Crippen molar-refractivity contribution in [1.82, 2.24) is 15.3 Å². The van der Waals surface area contributed by atoms with Gasteiger partial charge in [-0.25, -0.2) is 9.97 Å². The highest BCUT2D eigenvalue weighted by Gasteiger charge is 2.03. The van der Waals surface area contributed by atoms with E-state index < -0.39 is 0 Å². The zero-order valence-corrected chi connectivity index (χ0v) is 18.1. The third-order valence-electron chi connectivity index (χ3n) is 4.28. The fourth-order valence-electron chi connectivity index (χ4n) is 2.84. The predicted octanol–water partition coefficient (Wildman–Crippen LogP) is 4.38. The maximum Gasteiger partial charge on any atom is 0.248 e. The molecule has 0 saturated carbocycles. The number of nitrogens with one attached hydrogen (secondary N) is 4. The average molecular weight is 427 g/mol. The minimum atomic E-state index is -0.197. The molecule has 0 radical (unpaired) electrons. The van der Waals surface area contributed by atoms with E-state index >= 15 is 0 Å². The molecule has 1 heterocycles. The van der Waals surface area contributed by atoms with Crippen molar-refractivity contribution in [2.24, 2.45) is 0 Å². The van der Waals surface area contributed by atoms with E-state index in [1.165, 1.54) is 12.4 Å². The summed E-state index contributed by atoms with van der Waals surface area (Å²) in [6.45, 7) is 5.01. The van der Waals surface area contributed by atoms with Crippen molar-refractivity contribution in [3.63, 3.8) is 0 Å². The molecule has 3 rings (SSSR count). The molecular formula is C25H26N6O. The van der Waals surface area contributed by atoms with E-state index in [1.54, 1.807) is 13.0 Å². The largest absolute Gasteiger partial charge is 0.340 e. The lowest BCUT2D eigenvalue weighted by atomic mass is 10.2. The van der Waals surface area contributed by atoms with E-state index in [0.29, 0.717) is 30.4 Å². The summed E-state index contributed by atoms with van der Waals surface area (Å²) in [5, 5.41) is 12.5. The first-order chi connectivity index (χ1) is 15.6. The molecular weight excluding hydrogens is 400 g/mol. The van der Waals surface area contributed by atoms with Gasteiger partial charge in [0.15, 0.2) is 0 Å². The van der Waals surface area contributed by atoms with Crippen LogP contribution in [0, 0.1) is 18.8 Å². The first kappa shape index (κ1) is 22.5. The van der Waals surface area contributed by atoms with Gasteiger partial charge < -0.3 is 21.3 Å². The molecule has 0 unspecified atom stereocenters. The lowest BCUT2D eigenvalue weighted by Crippen LogP contribution is -2.14. The second kappa shape index (κ2) is 11.9. The standard InChI is InChI=1S/C25H26N6O/c1-3-4-13-26-14-7-12-25(32)31-22-11-6-10-21(16-22)30-24-17-23(27-18-28-24)29-20-9-5-8-19(2)15-20/h5-12,15-18,26H,13-14H2,1-2H3,(H,31,32)(H2,27,28,29,30)/b12-7+. The summed E-state index contributed by atoms with van der Waals surface area (Å²) in [5.74, 6) is 6.83. The van der Waals surface area contributed by atoms with Crippen molar-refractivity contribution < 1.29 is 4.79 Å². The number of amides is 1. The maximum atomic E-state index is 12.1. The van der Waals surface area contributed by atoms with Gasteiger partial charge in [-0.2, -0.15) is 0 Å². The lowest BCUT2D eigenvalue weighted by Gasteiger charge is -2.10. The van der Waals surface area contributed by atoms with E-state index in [9.17, 15) is 4.79 Å². The molecule has 7 heteroatoms. The van der Waals surface area contributed by atoms with Crippen LogP contribution in [0.1, 0.15) is 12.5 Å². The molecule has 32 heavy (non-hydrogen) atoms. The van der Waals surface area contributed by atoms with Gasteiger partial charge in [-0.05, 0) is 49.7 Å². The summed E-state index contributed by atoms with van der Waals surface area (Å²) in [5.41, 5.74) is 3.60. The summed E-state index contributed by atoms with van der Waals surface area (Å²) in [7, 11) is 0. The molecule has 0 atom stereocenters. The number of aryl methyl sites for hydroxylation is 1. The molecule has 7 nitrogen and oxygen atoms in total. The Morgan fingerprint density at radius 1 is 0.969 bits per heavy atom. The van der Waals surface area contributed by atoms with Crippen LogP contribution in [-0.2, 0) is 4.79 Å². The van der Waals surface area contributed by atoms with Crippen LogP contribution >= 0.6 is 0 Å². The molecule has 1 amide bonds. The second-order valence-corrected chi connectivity index (χ2v) is 6.94. The quantitative estimate of drug-likeness (QED) is 0.231. The molecule has 0 aliphatic heterocycles. The zero-order valence-electron chi connectivity index (χ0n) is 18.1. The maximum absolute atomic E-state index is 12.1. The molecule has 0 bridgehead atoms. The monoisotopic (exact) mass is 426 g/mol. The second-order valence-electron chi connectivity index (χ2n) is 6.94. The van der Waals surface area contributed by atoms with Gasteiger partial charge >= 0.3 is 0 Å². The SMILES string of the molecule is CC#CCNC/C=C/C(=O)Nc1cccc(Nc2cc(Nc3cccc(C)c3)ncn2)c1. The Balaban J connectivity index is 1.58. The minimum absolute atomic E-state index is 0.197. The third-order valence-corrected chi connectivity index (χ3v) is 4.28. The molecule has 0 aliphatic rings. The topological polar surface area (TPSA) is 91.0 Å². The van der Waals surface area contributed by atoms with Crippen LogP contribution in [0.3, 0.4) is 0 Å². The van der Waals surface area contributed by atoms with Gasteiger partial charge in [-0.3, -0.25) is 4.79 Å². The van der Waals surface area contributed by atoms with Gasteiger partial charge in [0.25, 0.3) is 0 Å². The van der Waals surface area contributed by atoms with Gasteiger partial charge in [-0.1, -0.05) is 30.2 Å². The molecule has 0 saturated heterocycles. The van der Waals surface area contributed by atoms with Gasteiger partial charge in [0.1, 0.15) is 18.0 Å². The molecule has 162 valence electrons. The highest BCUT2D eigenvalue weighted by atomic mass is 16.1. The van der Waals surface area contributed by atoms with E-state index in [1.807, 2.05) is 61.5 Å². The molecule has 1 aromatic heterocycles. The fourth-order valence-corrected chi connectivity index (χ4v) is 2.84. The van der Waals surface area contributed by atoms with Crippen molar-refractivity contribution in [2.75, 3.05) is 29.0 Å². The number of rotatable bonds is 9. The fraction of sp³-hybridized carbons (Fsp3) is 0.160. The van der Waals surface area contributed by atoms with Crippen LogP contribution in [-0.4, -0.2) is 29.0 Å². The average Bonchev–Trinajstić information content (AvgIpc) is 2.77. The molecule has 0 fully saturated rings. The minimum Gasteiger partial charge on any atom is -0.340 e. The van der Waals surface area contributed by atoms with Crippen molar-refractivity contribution >= 4 is 34.6 Å². The number of hydrogen-bond donors (Lipinski definition) is 4. The molecule has 4 N–H and O–H groups in total. The number of carbonyl (C=O) groups excluding carboxylic acids is 1. The Hall–Kier alpha value is -4.15. The predicted molar refractivity (Wildman–Crippen MR) is 130 cm³/mol. The Morgan fingerprint density at radius 2 is 1.66 bits per heavy atom. The molecule has 2 aromatic carbocycles. The highest BCUT2D eigenvalue weighted by molar-refractivity contribution is 5.99. The van der Waals surface area contributed by atoms with Gasteiger partial charge in [0.2, 0.25) is 5.91 Å². The van der Waals surface area contributed by atoms with E-state index in [2.05, 4.69) is 43.1 Å². The molecule has 0 aliphatic carbocycles. The molecule has 0 spiro atoms. The summed E-state index contributed by atoms with van der Waals surface area (Å²) in [6, 6.07) is 17.3. The number of nitrogens with zero attached hydrogens (tertiary/aromatic N) is 2. The van der Waals surface area contributed by atoms with Crippen molar-refractivity contribution in [2.45, 2.75) is 13.8 Å². The first-order valence-corrected chi connectivity index (χ1v) is 10.2. The van der Waals surface area contributed by atoms with Crippen molar-refractivity contribution in [1.29, 1.82) is 0 Å². The molecule has 3 aromatic rings. The highest BCUT2D eigenvalue weighted by Crippen LogP contribution is 2.22. The Kier molecular flexibility index (Phi) is 8.37. The van der Waals surface area contributed by atoms with Crippen LogP contribution in [0.4, 0.5) is 28.7 Å². The van der Waals surface area contributed by atoms with E-state index in [-0.39, 0.29) is 5.91 Å². The first-order valence-electron chi connectivity index (χ1n) is 10.2. The number of carbonyl (C=O) groups is 1. The van der Waals surface area contributed by atoms with E-state index in [4.69, 9.17) is 0 Å². The van der Waals surface area contributed by atoms with E-state index in [0.717, 1.165) is 16.9 Å². The van der Waals surface area contributed by atoms with Crippen molar-refractivity contribution in [3.05, 3.63) is 78.6 Å². The van der Waals surface area contributed by atoms with Crippen LogP contribution in [0.5, 0.6) is 0 Å². The van der Waals surface area contributed by atoms with Crippen LogP contribution in [0.2, 0.25) is 0 Å².